The molecule has 4 rings (SSSR count). The fourth-order valence-electron chi connectivity index (χ4n) is 12.4. The lowest BCUT2D eigenvalue weighted by molar-refractivity contribution is -0.182. The van der Waals surface area contributed by atoms with Gasteiger partial charge in [0, 0.05) is 73.7 Å². The Balaban J connectivity index is 1.75. The van der Waals surface area contributed by atoms with Crippen LogP contribution in [0.25, 0.3) is 0 Å². The van der Waals surface area contributed by atoms with Gasteiger partial charge in [0.1, 0.15) is 41.8 Å². The van der Waals surface area contributed by atoms with Crippen molar-refractivity contribution in [3.8, 4) is 0 Å². The van der Waals surface area contributed by atoms with E-state index in [0.29, 0.717) is 12.8 Å². The van der Waals surface area contributed by atoms with Gasteiger partial charge in [-0.25, -0.2) is 0 Å². The summed E-state index contributed by atoms with van der Waals surface area (Å²) in [7, 11) is 9.85. The van der Waals surface area contributed by atoms with Gasteiger partial charge >= 0.3 is 6.18 Å². The van der Waals surface area contributed by atoms with Gasteiger partial charge in [-0.2, -0.15) is 13.2 Å². The smallest absolute Gasteiger partial charge is 0.351 e. The third-order valence-corrected chi connectivity index (χ3v) is 19.2. The molecule has 0 spiro atoms. The second kappa shape index (κ2) is 31.4. The van der Waals surface area contributed by atoms with Crippen LogP contribution in [0.3, 0.4) is 0 Å². The Morgan fingerprint density at radius 3 is 1.81 bits per heavy atom. The van der Waals surface area contributed by atoms with E-state index in [1.807, 2.05) is 6.92 Å². The van der Waals surface area contributed by atoms with Gasteiger partial charge in [0.2, 0.25) is 65.0 Å². The van der Waals surface area contributed by atoms with Gasteiger partial charge in [-0.15, -0.1) is 11.6 Å². The number of rotatable bonds is 8. The fraction of sp³-hybridized carbons (Fsp3) is 0.817. The standard InChI is InChI=1S/C60H99ClF3N11O11/c1-16-36(4)50-57(85)70(11)33-48(78)68(9)34-49(79)72(13)45(31-39-21-18-17-19-22-39)55(83)69(10)32-46(76)66-43(27-25-40-24-26-41(42(61)30-40)60(62,63)64)54(82)75-28-20-23-44(75)56(84)74(15)59(7,8)58(86)73(14)51(35(2)3)53(81)65-37(5)29-47(77)71(12)38(6)52(80)67-50/h35-45,50-51H,16-34H2,1-15H3,(H,65,81)(H,66,76)(H,67,80)/t36-,37+,38-,40?,41?,42?,43-,44-,45-,50-,51-/m0/s1. The minimum absolute atomic E-state index is 0.00889. The van der Waals surface area contributed by atoms with Crippen LogP contribution in [0.1, 0.15) is 152 Å². The Morgan fingerprint density at radius 2 is 1.23 bits per heavy atom. The molecule has 11 atom stereocenters. The van der Waals surface area contributed by atoms with Crippen molar-refractivity contribution in [1.29, 1.82) is 0 Å². The zero-order valence-electron chi connectivity index (χ0n) is 53.5. The molecule has 2 saturated carbocycles. The van der Waals surface area contributed by atoms with E-state index in [0.717, 1.165) is 46.8 Å². The van der Waals surface area contributed by atoms with E-state index >= 15 is 0 Å². The number of fused-ring (bicyclic) bond motifs is 1. The summed E-state index contributed by atoms with van der Waals surface area (Å²) in [6.45, 7) is 11.6. The molecule has 4 aliphatic rings. The molecule has 488 valence electrons. The zero-order chi connectivity index (χ0) is 65.0. The van der Waals surface area contributed by atoms with Crippen LogP contribution in [0.5, 0.6) is 0 Å². The second-order valence-corrected chi connectivity index (χ2v) is 26.4. The van der Waals surface area contributed by atoms with Crippen LogP contribution in [-0.2, 0) is 52.7 Å². The molecule has 11 amide bonds. The Morgan fingerprint density at radius 1 is 0.628 bits per heavy atom. The Hall–Kier alpha value is -5.75. The van der Waals surface area contributed by atoms with Crippen LogP contribution in [0.15, 0.2) is 0 Å². The summed E-state index contributed by atoms with van der Waals surface area (Å²) < 4.78 is 41.6. The SMILES string of the molecule is CC[C@H](C)[C@@H]1NC(=O)[C@H](C)N(C)C(=O)C[C@@H](C)NC(=O)[C@H](C(C)C)N(C)C(=O)C(C)(C)N(C)C(=O)[C@@H]2CCCN2C(=O)[C@H](CCC2CCC(C(F)(F)F)C(Cl)C2)NC(=O)CN(C)C(=O)[C@H](CC2CCCCC2)N(C)C(=O)CN(C)C(=O)CN(C)C1=O. The number of alkyl halides is 4. The van der Waals surface area contributed by atoms with Gasteiger partial charge in [-0.3, -0.25) is 52.7 Å². The lowest BCUT2D eigenvalue weighted by atomic mass is 9.78. The molecule has 3 unspecified atom stereocenters. The van der Waals surface area contributed by atoms with Crippen molar-refractivity contribution in [3.05, 3.63) is 0 Å². The van der Waals surface area contributed by atoms with Crippen LogP contribution >= 0.6 is 11.6 Å². The first-order chi connectivity index (χ1) is 40.0. The molecule has 2 aliphatic carbocycles. The molecule has 2 saturated heterocycles. The highest BCUT2D eigenvalue weighted by Gasteiger charge is 2.49. The quantitative estimate of drug-likeness (QED) is 0.293. The van der Waals surface area contributed by atoms with E-state index in [-0.39, 0.29) is 69.7 Å². The molecule has 4 fully saturated rings. The van der Waals surface area contributed by atoms with Crippen molar-refractivity contribution in [3.63, 3.8) is 0 Å². The minimum Gasteiger partial charge on any atom is -0.351 e. The summed E-state index contributed by atoms with van der Waals surface area (Å²) >= 11 is 6.33. The van der Waals surface area contributed by atoms with Crippen LogP contribution in [-0.4, -0.2) is 239 Å². The molecule has 26 heteroatoms. The molecule has 0 bridgehead atoms. The number of hydrogen-bond donors (Lipinski definition) is 3. The average molecular weight is 1240 g/mol. The monoisotopic (exact) mass is 1240 g/mol. The number of nitrogens with one attached hydrogen (secondary N) is 3. The molecule has 0 aromatic carbocycles. The first-order valence-electron chi connectivity index (χ1n) is 30.7. The summed E-state index contributed by atoms with van der Waals surface area (Å²) in [6, 6.07) is -7.67. The Bertz CT molecular complexity index is 2450. The van der Waals surface area contributed by atoms with Crippen LogP contribution in [0.2, 0.25) is 0 Å². The molecule has 0 aromatic rings. The zero-order valence-corrected chi connectivity index (χ0v) is 54.3. The maximum absolute atomic E-state index is 15.0. The van der Waals surface area contributed by atoms with Crippen molar-refractivity contribution >= 4 is 76.6 Å². The van der Waals surface area contributed by atoms with E-state index in [9.17, 15) is 65.9 Å². The first-order valence-corrected chi connectivity index (χ1v) is 31.1. The Labute approximate surface area is 512 Å². The molecule has 22 nitrogen and oxygen atoms in total. The summed E-state index contributed by atoms with van der Waals surface area (Å²) in [4.78, 5) is 167. The Kier molecular flexibility index (Phi) is 26.6. The molecule has 2 aliphatic heterocycles. The molecule has 86 heavy (non-hydrogen) atoms. The molecular formula is C60H99ClF3N11O11. The maximum atomic E-state index is 15.0. The molecule has 0 aromatic heterocycles. The van der Waals surface area contributed by atoms with Gasteiger partial charge in [-0.05, 0) is 103 Å². The number of carbonyl (C=O) groups is 11. The lowest BCUT2D eigenvalue weighted by Gasteiger charge is -2.42. The predicted octanol–water partition coefficient (Wildman–Crippen LogP) is 4.01. The highest BCUT2D eigenvalue weighted by Crippen LogP contribution is 2.43. The summed E-state index contributed by atoms with van der Waals surface area (Å²) in [5.41, 5.74) is -1.62. The van der Waals surface area contributed by atoms with Crippen LogP contribution in [0.4, 0.5) is 13.2 Å². The first kappa shape index (κ1) is 72.7. The number of amides is 11. The third kappa shape index (κ3) is 18.6. The van der Waals surface area contributed by atoms with Gasteiger partial charge < -0.3 is 55.1 Å². The van der Waals surface area contributed by atoms with E-state index < -0.39 is 162 Å². The van der Waals surface area contributed by atoms with Crippen molar-refractivity contribution in [2.45, 2.75) is 211 Å². The van der Waals surface area contributed by atoms with Gasteiger partial charge in [0.15, 0.2) is 0 Å². The van der Waals surface area contributed by atoms with Gasteiger partial charge in [0.25, 0.3) is 0 Å². The maximum Gasteiger partial charge on any atom is 0.393 e. The molecule has 2 heterocycles. The number of halogens is 4. The van der Waals surface area contributed by atoms with Crippen LogP contribution in [0, 0.1) is 29.6 Å². The molecule has 0 radical (unpaired) electrons. The van der Waals surface area contributed by atoms with E-state index in [4.69, 9.17) is 11.6 Å². The van der Waals surface area contributed by atoms with Crippen molar-refractivity contribution < 1.29 is 65.9 Å². The normalized spacial score (nSPS) is 30.0. The fourth-order valence-corrected chi connectivity index (χ4v) is 12.9. The van der Waals surface area contributed by atoms with E-state index in [1.165, 1.54) is 94.6 Å². The van der Waals surface area contributed by atoms with E-state index in [2.05, 4.69) is 16.0 Å². The summed E-state index contributed by atoms with van der Waals surface area (Å²) in [5, 5.41) is 7.18. The second-order valence-electron chi connectivity index (χ2n) is 25.9. The van der Waals surface area contributed by atoms with Crippen LogP contribution < -0.4 is 16.0 Å². The number of hydrogen-bond acceptors (Lipinski definition) is 11. The van der Waals surface area contributed by atoms with Crippen molar-refractivity contribution in [2.24, 2.45) is 29.6 Å². The highest BCUT2D eigenvalue weighted by atomic mass is 35.5. The van der Waals surface area contributed by atoms with Crippen molar-refractivity contribution in [1.82, 2.24) is 55.1 Å². The highest BCUT2D eigenvalue weighted by molar-refractivity contribution is 6.20. The third-order valence-electron chi connectivity index (χ3n) is 18.7. The summed E-state index contributed by atoms with van der Waals surface area (Å²) in [5.74, 6) is -9.78. The number of likely N-dealkylation sites (N-methyl/N-ethyl adjacent to an activating group) is 7. The topological polar surface area (TPSA) is 250 Å². The molecular weight excluding hydrogens is 1140 g/mol. The number of nitrogens with zero attached hydrogens (tertiary/aromatic N) is 8. The van der Waals surface area contributed by atoms with Gasteiger partial charge in [0.05, 0.1) is 25.6 Å². The summed E-state index contributed by atoms with van der Waals surface area (Å²) in [6.07, 6.45) is 1.00. The average Bonchev–Trinajstić information content (AvgIpc) is 2.54. The molecule has 3 N–H and O–H groups in total. The van der Waals surface area contributed by atoms with Crippen molar-refractivity contribution in [2.75, 3.05) is 75.5 Å². The minimum atomic E-state index is -4.49. The number of carbonyl (C=O) groups excluding carboxylic acids is 11. The van der Waals surface area contributed by atoms with E-state index in [1.54, 1.807) is 27.7 Å². The predicted molar refractivity (Wildman–Crippen MR) is 317 cm³/mol. The van der Waals surface area contributed by atoms with Gasteiger partial charge in [-0.1, -0.05) is 66.2 Å². The lowest BCUT2D eigenvalue weighted by Crippen LogP contribution is -2.63. The largest absolute Gasteiger partial charge is 0.393 e.